The molecule has 2 aromatic rings. The second kappa shape index (κ2) is 6.37. The maximum Gasteiger partial charge on any atom is 0.573 e. The Hall–Kier alpha value is -1.72. The van der Waals surface area contributed by atoms with Crippen LogP contribution in [0.25, 0.3) is 11.1 Å². The van der Waals surface area contributed by atoms with Gasteiger partial charge < -0.3 is 10.5 Å². The van der Waals surface area contributed by atoms with Crippen LogP contribution in [0.5, 0.6) is 5.75 Å². The van der Waals surface area contributed by atoms with E-state index in [1.807, 2.05) is 6.07 Å². The van der Waals surface area contributed by atoms with E-state index in [4.69, 9.17) is 17.3 Å². The SMILES string of the molecule is NCCc1ccc(-c2cccc(OC(F)(F)F)c2)c(Cl)c1. The normalized spacial score (nSPS) is 11.5. The Bertz CT molecular complexity index is 629. The van der Waals surface area contributed by atoms with Gasteiger partial charge in [-0.1, -0.05) is 35.9 Å². The fraction of sp³-hybridized carbons (Fsp3) is 0.200. The lowest BCUT2D eigenvalue weighted by atomic mass is 10.0. The van der Waals surface area contributed by atoms with Crippen molar-refractivity contribution < 1.29 is 17.9 Å². The van der Waals surface area contributed by atoms with Gasteiger partial charge in [-0.3, -0.25) is 0 Å². The van der Waals surface area contributed by atoms with Gasteiger partial charge in [0.15, 0.2) is 0 Å². The maximum absolute atomic E-state index is 12.2. The third-order valence-electron chi connectivity index (χ3n) is 2.85. The van der Waals surface area contributed by atoms with Gasteiger partial charge in [-0.2, -0.15) is 0 Å². The zero-order chi connectivity index (χ0) is 15.5. The van der Waals surface area contributed by atoms with Gasteiger partial charge in [0, 0.05) is 10.6 Å². The molecule has 112 valence electrons. The molecule has 0 aliphatic carbocycles. The van der Waals surface area contributed by atoms with Crippen LogP contribution in [0.4, 0.5) is 13.2 Å². The fourth-order valence-electron chi connectivity index (χ4n) is 1.98. The van der Waals surface area contributed by atoms with Crippen LogP contribution in [0.15, 0.2) is 42.5 Å². The molecule has 0 unspecified atom stereocenters. The van der Waals surface area contributed by atoms with Crippen LogP contribution in [0.1, 0.15) is 5.56 Å². The first kappa shape index (κ1) is 15.7. The quantitative estimate of drug-likeness (QED) is 0.907. The maximum atomic E-state index is 12.2. The lowest BCUT2D eigenvalue weighted by Crippen LogP contribution is -2.17. The third-order valence-corrected chi connectivity index (χ3v) is 3.16. The average Bonchev–Trinajstić information content (AvgIpc) is 2.37. The van der Waals surface area contributed by atoms with Crippen molar-refractivity contribution in [1.82, 2.24) is 0 Å². The van der Waals surface area contributed by atoms with Crippen molar-refractivity contribution in [3.05, 3.63) is 53.1 Å². The van der Waals surface area contributed by atoms with Gasteiger partial charge in [0.25, 0.3) is 0 Å². The van der Waals surface area contributed by atoms with E-state index in [1.54, 1.807) is 18.2 Å². The van der Waals surface area contributed by atoms with Crippen LogP contribution < -0.4 is 10.5 Å². The Morgan fingerprint density at radius 1 is 1.10 bits per heavy atom. The number of nitrogens with two attached hydrogens (primary N) is 1. The van der Waals surface area contributed by atoms with E-state index in [9.17, 15) is 13.2 Å². The fourth-order valence-corrected chi connectivity index (χ4v) is 2.29. The van der Waals surface area contributed by atoms with Gasteiger partial charge in [-0.25, -0.2) is 0 Å². The van der Waals surface area contributed by atoms with Crippen LogP contribution in [0.2, 0.25) is 5.02 Å². The minimum absolute atomic E-state index is 0.276. The number of alkyl halides is 3. The van der Waals surface area contributed by atoms with Crippen molar-refractivity contribution in [1.29, 1.82) is 0 Å². The van der Waals surface area contributed by atoms with E-state index in [1.165, 1.54) is 18.2 Å². The van der Waals surface area contributed by atoms with E-state index < -0.39 is 6.36 Å². The molecule has 0 saturated heterocycles. The van der Waals surface area contributed by atoms with Crippen molar-refractivity contribution in [2.45, 2.75) is 12.8 Å². The van der Waals surface area contributed by atoms with Crippen molar-refractivity contribution in [2.24, 2.45) is 5.73 Å². The predicted molar refractivity (Wildman–Crippen MR) is 76.3 cm³/mol. The molecule has 21 heavy (non-hydrogen) atoms. The Kier molecular flexibility index (Phi) is 4.75. The predicted octanol–water partition coefficient (Wildman–Crippen LogP) is 4.41. The van der Waals surface area contributed by atoms with Crippen LogP contribution in [-0.4, -0.2) is 12.9 Å². The molecule has 0 heterocycles. The molecule has 2 N–H and O–H groups in total. The lowest BCUT2D eigenvalue weighted by Gasteiger charge is -2.11. The second-order valence-corrected chi connectivity index (χ2v) is 4.84. The summed E-state index contributed by atoms with van der Waals surface area (Å²) < 4.78 is 40.6. The van der Waals surface area contributed by atoms with E-state index in [-0.39, 0.29) is 5.75 Å². The summed E-state index contributed by atoms with van der Waals surface area (Å²) in [6, 6.07) is 11.1. The average molecular weight is 316 g/mol. The van der Waals surface area contributed by atoms with Crippen LogP contribution in [-0.2, 0) is 6.42 Å². The zero-order valence-corrected chi connectivity index (χ0v) is 11.7. The van der Waals surface area contributed by atoms with Crippen molar-refractivity contribution in [3.63, 3.8) is 0 Å². The smallest absolute Gasteiger partial charge is 0.406 e. The Morgan fingerprint density at radius 3 is 2.48 bits per heavy atom. The number of rotatable bonds is 4. The van der Waals surface area contributed by atoms with Gasteiger partial charge in [-0.15, -0.1) is 13.2 Å². The van der Waals surface area contributed by atoms with Crippen molar-refractivity contribution in [3.8, 4) is 16.9 Å². The first-order valence-corrected chi connectivity index (χ1v) is 6.61. The van der Waals surface area contributed by atoms with Crippen molar-refractivity contribution >= 4 is 11.6 Å². The van der Waals surface area contributed by atoms with Gasteiger partial charge in [0.2, 0.25) is 0 Å². The molecular formula is C15H13ClF3NO. The molecule has 0 aromatic heterocycles. The van der Waals surface area contributed by atoms with E-state index in [0.717, 1.165) is 5.56 Å². The first-order valence-electron chi connectivity index (χ1n) is 6.24. The molecule has 0 amide bonds. The Balaban J connectivity index is 2.32. The zero-order valence-electron chi connectivity index (χ0n) is 11.0. The summed E-state index contributed by atoms with van der Waals surface area (Å²) in [6.45, 7) is 0.505. The summed E-state index contributed by atoms with van der Waals surface area (Å²) in [5.74, 6) is -0.276. The van der Waals surface area contributed by atoms with Crippen LogP contribution >= 0.6 is 11.6 Å². The molecule has 0 atom stereocenters. The Labute approximate surface area is 125 Å². The third kappa shape index (κ3) is 4.37. The minimum atomic E-state index is -4.71. The molecule has 2 rings (SSSR count). The molecule has 0 fully saturated rings. The number of ether oxygens (including phenoxy) is 1. The molecule has 0 aliphatic rings. The molecule has 2 aromatic carbocycles. The molecule has 0 radical (unpaired) electrons. The highest BCUT2D eigenvalue weighted by molar-refractivity contribution is 6.33. The largest absolute Gasteiger partial charge is 0.573 e. The molecule has 0 spiro atoms. The van der Waals surface area contributed by atoms with Gasteiger partial charge >= 0.3 is 6.36 Å². The topological polar surface area (TPSA) is 35.2 Å². The van der Waals surface area contributed by atoms with E-state index >= 15 is 0 Å². The minimum Gasteiger partial charge on any atom is -0.406 e. The molecule has 0 bridgehead atoms. The number of benzene rings is 2. The molecule has 6 heteroatoms. The molecular weight excluding hydrogens is 303 g/mol. The van der Waals surface area contributed by atoms with Gasteiger partial charge in [0.1, 0.15) is 5.75 Å². The number of hydrogen-bond donors (Lipinski definition) is 1. The summed E-state index contributed by atoms with van der Waals surface area (Å²) >= 11 is 6.18. The van der Waals surface area contributed by atoms with Crippen LogP contribution in [0.3, 0.4) is 0 Å². The molecule has 0 aliphatic heterocycles. The number of hydrogen-bond acceptors (Lipinski definition) is 2. The number of halogens is 4. The highest BCUT2D eigenvalue weighted by Gasteiger charge is 2.31. The Morgan fingerprint density at radius 2 is 1.86 bits per heavy atom. The summed E-state index contributed by atoms with van der Waals surface area (Å²) in [5.41, 5.74) is 7.65. The van der Waals surface area contributed by atoms with E-state index in [2.05, 4.69) is 4.74 Å². The monoisotopic (exact) mass is 315 g/mol. The second-order valence-electron chi connectivity index (χ2n) is 4.43. The first-order chi connectivity index (χ1) is 9.89. The molecule has 2 nitrogen and oxygen atoms in total. The summed E-state index contributed by atoms with van der Waals surface area (Å²) in [5, 5.41) is 0.463. The standard InChI is InChI=1S/C15H13ClF3NO/c16-14-8-10(6-7-20)4-5-13(14)11-2-1-3-12(9-11)21-15(17,18)19/h1-5,8-9H,6-7,20H2. The van der Waals surface area contributed by atoms with Crippen LogP contribution in [0, 0.1) is 0 Å². The summed E-state index contributed by atoms with van der Waals surface area (Å²) in [7, 11) is 0. The van der Waals surface area contributed by atoms with Gasteiger partial charge in [-0.05, 0) is 42.3 Å². The lowest BCUT2D eigenvalue weighted by molar-refractivity contribution is -0.274. The van der Waals surface area contributed by atoms with Gasteiger partial charge in [0.05, 0.1) is 0 Å². The summed E-state index contributed by atoms with van der Waals surface area (Å²) in [4.78, 5) is 0. The van der Waals surface area contributed by atoms with E-state index in [0.29, 0.717) is 29.1 Å². The molecule has 0 saturated carbocycles. The highest BCUT2D eigenvalue weighted by Crippen LogP contribution is 2.32. The van der Waals surface area contributed by atoms with Crippen molar-refractivity contribution in [2.75, 3.05) is 6.54 Å². The summed E-state index contributed by atoms with van der Waals surface area (Å²) in [6.07, 6.45) is -4.02. The highest BCUT2D eigenvalue weighted by atomic mass is 35.5.